The summed E-state index contributed by atoms with van der Waals surface area (Å²) in [7, 11) is 0. The zero-order valence-electron chi connectivity index (χ0n) is 14.7. The van der Waals surface area contributed by atoms with Gasteiger partial charge in [0.2, 0.25) is 5.91 Å². The van der Waals surface area contributed by atoms with Crippen molar-refractivity contribution < 1.29 is 22.8 Å². The van der Waals surface area contributed by atoms with Gasteiger partial charge in [-0.05, 0) is 35.3 Å². The Kier molecular flexibility index (Phi) is 6.50. The standard InChI is InChI=1S/C18H18F3N3O2S2/c19-18(20,21)28-14-5-2-1-4-13(14)22-12-16(25)23-7-9-24(10-8-23)17(26)15-6-3-11-27-15/h1-6,11,22H,7-10,12H2. The number of benzene rings is 1. The van der Waals surface area contributed by atoms with Crippen LogP contribution in [0.5, 0.6) is 0 Å². The molecule has 2 heterocycles. The maximum atomic E-state index is 12.6. The molecule has 10 heteroatoms. The van der Waals surface area contributed by atoms with E-state index in [1.54, 1.807) is 21.9 Å². The van der Waals surface area contributed by atoms with Crippen LogP contribution in [0.3, 0.4) is 0 Å². The minimum absolute atomic E-state index is 0.0224. The minimum atomic E-state index is -4.40. The number of anilines is 1. The van der Waals surface area contributed by atoms with E-state index in [2.05, 4.69) is 5.32 Å². The Bertz CT molecular complexity index is 820. The third kappa shape index (κ3) is 5.41. The van der Waals surface area contributed by atoms with E-state index in [1.165, 1.54) is 29.5 Å². The molecule has 28 heavy (non-hydrogen) atoms. The molecule has 0 spiro atoms. The van der Waals surface area contributed by atoms with Crippen molar-refractivity contribution >= 4 is 40.6 Å². The minimum Gasteiger partial charge on any atom is -0.375 e. The van der Waals surface area contributed by atoms with Crippen LogP contribution in [0.15, 0.2) is 46.7 Å². The lowest BCUT2D eigenvalue weighted by atomic mass is 10.2. The monoisotopic (exact) mass is 429 g/mol. The molecule has 0 radical (unpaired) electrons. The van der Waals surface area contributed by atoms with Crippen LogP contribution < -0.4 is 5.32 Å². The second-order valence-corrected chi connectivity index (χ2v) is 8.10. The predicted octanol–water partition coefficient (Wildman–Crippen LogP) is 3.76. The fraction of sp³-hybridized carbons (Fsp3) is 0.333. The highest BCUT2D eigenvalue weighted by molar-refractivity contribution is 8.00. The normalized spacial score (nSPS) is 14.8. The zero-order chi connectivity index (χ0) is 20.1. The van der Waals surface area contributed by atoms with Crippen LogP contribution in [-0.4, -0.2) is 59.8 Å². The molecular formula is C18H18F3N3O2S2. The lowest BCUT2D eigenvalue weighted by molar-refractivity contribution is -0.130. The third-order valence-corrected chi connectivity index (χ3v) is 5.86. The number of alkyl halides is 3. The Labute approximate surface area is 168 Å². The van der Waals surface area contributed by atoms with Crippen molar-refractivity contribution in [1.82, 2.24) is 9.80 Å². The van der Waals surface area contributed by atoms with Gasteiger partial charge in [0.15, 0.2) is 0 Å². The maximum Gasteiger partial charge on any atom is 0.446 e. The van der Waals surface area contributed by atoms with E-state index in [0.29, 0.717) is 31.1 Å². The van der Waals surface area contributed by atoms with Crippen LogP contribution >= 0.6 is 23.1 Å². The molecule has 1 aromatic heterocycles. The van der Waals surface area contributed by atoms with Crippen LogP contribution in [-0.2, 0) is 4.79 Å². The summed E-state index contributed by atoms with van der Waals surface area (Å²) < 4.78 is 37.9. The summed E-state index contributed by atoms with van der Waals surface area (Å²) in [5.74, 6) is -0.256. The second kappa shape index (κ2) is 8.87. The van der Waals surface area contributed by atoms with E-state index in [9.17, 15) is 22.8 Å². The first kappa shape index (κ1) is 20.5. The first-order chi connectivity index (χ1) is 13.3. The second-order valence-electron chi connectivity index (χ2n) is 6.05. The Morgan fingerprint density at radius 3 is 2.36 bits per heavy atom. The number of nitrogens with zero attached hydrogens (tertiary/aromatic N) is 2. The number of thioether (sulfide) groups is 1. The van der Waals surface area contributed by atoms with Crippen LogP contribution in [0.1, 0.15) is 9.67 Å². The van der Waals surface area contributed by atoms with Crippen LogP contribution in [0.4, 0.5) is 18.9 Å². The predicted molar refractivity (Wildman–Crippen MR) is 104 cm³/mol. The van der Waals surface area contributed by atoms with Gasteiger partial charge in [-0.1, -0.05) is 18.2 Å². The topological polar surface area (TPSA) is 52.7 Å². The molecule has 2 aromatic rings. The molecule has 0 aliphatic carbocycles. The van der Waals surface area contributed by atoms with Gasteiger partial charge in [-0.15, -0.1) is 11.3 Å². The van der Waals surface area contributed by atoms with Crippen molar-refractivity contribution in [3.05, 3.63) is 46.7 Å². The molecule has 1 aliphatic rings. The first-order valence-corrected chi connectivity index (χ1v) is 10.2. The Morgan fingerprint density at radius 2 is 1.71 bits per heavy atom. The van der Waals surface area contributed by atoms with Crippen LogP contribution in [0.2, 0.25) is 0 Å². The average molecular weight is 429 g/mol. The van der Waals surface area contributed by atoms with E-state index >= 15 is 0 Å². The van der Waals surface area contributed by atoms with E-state index < -0.39 is 5.51 Å². The number of piperazine rings is 1. The molecule has 150 valence electrons. The van der Waals surface area contributed by atoms with Gasteiger partial charge >= 0.3 is 5.51 Å². The van der Waals surface area contributed by atoms with Crippen molar-refractivity contribution in [3.8, 4) is 0 Å². The molecule has 0 bridgehead atoms. The molecule has 1 N–H and O–H groups in total. The van der Waals surface area contributed by atoms with Crippen molar-refractivity contribution in [1.29, 1.82) is 0 Å². The van der Waals surface area contributed by atoms with E-state index in [1.807, 2.05) is 11.4 Å². The lowest BCUT2D eigenvalue weighted by Gasteiger charge is -2.34. The smallest absolute Gasteiger partial charge is 0.375 e. The number of carbonyl (C=O) groups excluding carboxylic acids is 2. The average Bonchev–Trinajstić information content (AvgIpc) is 3.20. The van der Waals surface area contributed by atoms with Crippen LogP contribution in [0, 0.1) is 0 Å². The van der Waals surface area contributed by atoms with Crippen LogP contribution in [0.25, 0.3) is 0 Å². The Balaban J connectivity index is 1.51. The van der Waals surface area contributed by atoms with E-state index in [4.69, 9.17) is 0 Å². The van der Waals surface area contributed by atoms with Gasteiger partial charge in [0.1, 0.15) is 0 Å². The molecule has 5 nitrogen and oxygen atoms in total. The summed E-state index contributed by atoms with van der Waals surface area (Å²) in [4.78, 5) is 28.7. The summed E-state index contributed by atoms with van der Waals surface area (Å²) in [6, 6.07) is 9.59. The zero-order valence-corrected chi connectivity index (χ0v) is 16.4. The molecule has 1 saturated heterocycles. The number of amides is 2. The summed E-state index contributed by atoms with van der Waals surface area (Å²) in [5, 5.41) is 4.64. The molecule has 1 aromatic carbocycles. The summed E-state index contributed by atoms with van der Waals surface area (Å²) in [6.45, 7) is 1.56. The highest BCUT2D eigenvalue weighted by atomic mass is 32.2. The molecule has 0 unspecified atom stereocenters. The van der Waals surface area contributed by atoms with Gasteiger partial charge in [0.25, 0.3) is 5.91 Å². The van der Waals surface area contributed by atoms with E-state index in [-0.39, 0.29) is 40.7 Å². The van der Waals surface area contributed by atoms with Gasteiger partial charge < -0.3 is 15.1 Å². The fourth-order valence-electron chi connectivity index (χ4n) is 2.82. The van der Waals surface area contributed by atoms with E-state index in [0.717, 1.165) is 0 Å². The van der Waals surface area contributed by atoms with Crippen molar-refractivity contribution in [2.75, 3.05) is 38.0 Å². The summed E-state index contributed by atoms with van der Waals surface area (Å²) in [5.41, 5.74) is -4.13. The number of hydrogen-bond donors (Lipinski definition) is 1. The quantitative estimate of drug-likeness (QED) is 0.736. The largest absolute Gasteiger partial charge is 0.446 e. The highest BCUT2D eigenvalue weighted by Crippen LogP contribution is 2.40. The van der Waals surface area contributed by atoms with Crippen molar-refractivity contribution in [3.63, 3.8) is 0 Å². The van der Waals surface area contributed by atoms with Gasteiger partial charge in [0.05, 0.1) is 11.4 Å². The van der Waals surface area contributed by atoms with Gasteiger partial charge in [-0.2, -0.15) is 13.2 Å². The molecule has 0 atom stereocenters. The highest BCUT2D eigenvalue weighted by Gasteiger charge is 2.30. The number of thiophene rings is 1. The van der Waals surface area contributed by atoms with Crippen molar-refractivity contribution in [2.45, 2.75) is 10.4 Å². The van der Waals surface area contributed by atoms with Gasteiger partial charge in [-0.3, -0.25) is 9.59 Å². The number of carbonyl (C=O) groups is 2. The fourth-order valence-corrected chi connectivity index (χ4v) is 4.16. The third-order valence-electron chi connectivity index (χ3n) is 4.19. The summed E-state index contributed by atoms with van der Waals surface area (Å²) in [6.07, 6.45) is 0. The maximum absolute atomic E-state index is 12.6. The molecule has 2 amide bonds. The summed E-state index contributed by atoms with van der Waals surface area (Å²) >= 11 is 1.17. The number of halogens is 3. The Hall–Kier alpha value is -2.20. The van der Waals surface area contributed by atoms with Crippen molar-refractivity contribution in [2.24, 2.45) is 0 Å². The SMILES string of the molecule is O=C(CNc1ccccc1SC(F)(F)F)N1CCN(C(=O)c2cccs2)CC1. The lowest BCUT2D eigenvalue weighted by Crippen LogP contribution is -2.51. The molecule has 1 fully saturated rings. The Morgan fingerprint density at radius 1 is 1.04 bits per heavy atom. The number of rotatable bonds is 5. The number of hydrogen-bond acceptors (Lipinski definition) is 5. The molecular weight excluding hydrogens is 411 g/mol. The molecule has 0 saturated carbocycles. The number of para-hydroxylation sites is 1. The number of nitrogens with one attached hydrogen (secondary N) is 1. The first-order valence-electron chi connectivity index (χ1n) is 8.53. The molecule has 1 aliphatic heterocycles. The van der Waals surface area contributed by atoms with Gasteiger partial charge in [0, 0.05) is 36.8 Å². The van der Waals surface area contributed by atoms with Gasteiger partial charge in [-0.25, -0.2) is 0 Å². The molecule has 3 rings (SSSR count).